The van der Waals surface area contributed by atoms with E-state index in [0.717, 1.165) is 0 Å². The molecule has 31 heavy (non-hydrogen) atoms. The van der Waals surface area contributed by atoms with E-state index in [-0.39, 0.29) is 29.5 Å². The summed E-state index contributed by atoms with van der Waals surface area (Å²) < 4.78 is 13.1. The third-order valence-electron chi connectivity index (χ3n) is 5.39. The molecule has 2 heterocycles. The van der Waals surface area contributed by atoms with Gasteiger partial charge in [0.25, 0.3) is 11.8 Å². The number of halogens is 1. The standard InChI is InChI=1S/C23H28FN3O3S/c1-15(2)14-25-22(29)20(26-21(28)19-4-3-13-31-19)16-9-11-27(12-10-16)23(30)17-5-7-18(24)8-6-17/h3-8,13,15-16,20H,9-12,14H2,1-2H3,(H,25,29)(H,26,28)/t20-/m0/s1. The fraction of sp³-hybridized carbons (Fsp3) is 0.435. The van der Waals surface area contributed by atoms with Gasteiger partial charge < -0.3 is 15.5 Å². The van der Waals surface area contributed by atoms with Gasteiger partial charge in [0.2, 0.25) is 5.91 Å². The van der Waals surface area contributed by atoms with Crippen LogP contribution < -0.4 is 10.6 Å². The number of rotatable bonds is 7. The van der Waals surface area contributed by atoms with Crippen LogP contribution in [-0.2, 0) is 4.79 Å². The van der Waals surface area contributed by atoms with Crippen LogP contribution >= 0.6 is 11.3 Å². The van der Waals surface area contributed by atoms with E-state index < -0.39 is 6.04 Å². The van der Waals surface area contributed by atoms with Gasteiger partial charge >= 0.3 is 0 Å². The first-order chi connectivity index (χ1) is 14.8. The molecule has 1 aliphatic rings. The molecule has 0 unspecified atom stereocenters. The molecule has 1 saturated heterocycles. The van der Waals surface area contributed by atoms with Crippen LogP contribution in [0.2, 0.25) is 0 Å². The number of thiophene rings is 1. The van der Waals surface area contributed by atoms with E-state index in [2.05, 4.69) is 10.6 Å². The second kappa shape index (κ2) is 10.5. The topological polar surface area (TPSA) is 78.5 Å². The Hall–Kier alpha value is -2.74. The van der Waals surface area contributed by atoms with E-state index in [9.17, 15) is 18.8 Å². The maximum absolute atomic E-state index is 13.1. The van der Waals surface area contributed by atoms with Gasteiger partial charge in [-0.1, -0.05) is 19.9 Å². The highest BCUT2D eigenvalue weighted by atomic mass is 32.1. The highest BCUT2D eigenvalue weighted by Gasteiger charge is 2.34. The highest BCUT2D eigenvalue weighted by Crippen LogP contribution is 2.23. The third-order valence-corrected chi connectivity index (χ3v) is 6.26. The Morgan fingerprint density at radius 3 is 2.39 bits per heavy atom. The molecule has 2 aromatic rings. The van der Waals surface area contributed by atoms with E-state index in [1.54, 1.807) is 17.0 Å². The lowest BCUT2D eigenvalue weighted by atomic mass is 9.88. The van der Waals surface area contributed by atoms with Crippen LogP contribution in [0.25, 0.3) is 0 Å². The van der Waals surface area contributed by atoms with Crippen LogP contribution in [0, 0.1) is 17.7 Å². The molecule has 166 valence electrons. The number of carbonyl (C=O) groups is 3. The Balaban J connectivity index is 1.65. The molecular weight excluding hydrogens is 417 g/mol. The summed E-state index contributed by atoms with van der Waals surface area (Å²) in [6.45, 7) is 5.51. The summed E-state index contributed by atoms with van der Waals surface area (Å²) in [4.78, 5) is 40.5. The van der Waals surface area contributed by atoms with Crippen LogP contribution in [0.1, 0.15) is 46.7 Å². The lowest BCUT2D eigenvalue weighted by molar-refractivity contribution is -0.124. The largest absolute Gasteiger partial charge is 0.354 e. The smallest absolute Gasteiger partial charge is 0.262 e. The summed E-state index contributed by atoms with van der Waals surface area (Å²) in [5, 5.41) is 7.66. The van der Waals surface area contributed by atoms with Gasteiger partial charge in [-0.05, 0) is 60.4 Å². The van der Waals surface area contributed by atoms with Gasteiger partial charge in [0.1, 0.15) is 11.9 Å². The number of hydrogen-bond donors (Lipinski definition) is 2. The molecule has 1 aromatic carbocycles. The molecule has 2 N–H and O–H groups in total. The Morgan fingerprint density at radius 2 is 1.81 bits per heavy atom. The number of carbonyl (C=O) groups excluding carboxylic acids is 3. The van der Waals surface area contributed by atoms with Gasteiger partial charge in [0.05, 0.1) is 4.88 Å². The number of nitrogens with one attached hydrogen (secondary N) is 2. The van der Waals surface area contributed by atoms with Crippen molar-refractivity contribution in [2.24, 2.45) is 11.8 Å². The number of amides is 3. The summed E-state index contributed by atoms with van der Waals surface area (Å²) in [5.41, 5.74) is 0.442. The number of likely N-dealkylation sites (tertiary alicyclic amines) is 1. The first-order valence-corrected chi connectivity index (χ1v) is 11.4. The molecule has 0 saturated carbocycles. The lowest BCUT2D eigenvalue weighted by Crippen LogP contribution is -2.54. The second-order valence-corrected chi connectivity index (χ2v) is 9.15. The van der Waals surface area contributed by atoms with Crippen LogP contribution in [0.3, 0.4) is 0 Å². The van der Waals surface area contributed by atoms with Crippen molar-refractivity contribution in [1.29, 1.82) is 0 Å². The predicted molar refractivity (Wildman–Crippen MR) is 118 cm³/mol. The predicted octanol–water partition coefficient (Wildman–Crippen LogP) is 3.31. The van der Waals surface area contributed by atoms with E-state index in [4.69, 9.17) is 0 Å². The number of benzene rings is 1. The quantitative estimate of drug-likeness (QED) is 0.686. The summed E-state index contributed by atoms with van der Waals surface area (Å²) in [6, 6.07) is 8.38. The number of nitrogens with zero attached hydrogens (tertiary/aromatic N) is 1. The van der Waals surface area contributed by atoms with Gasteiger partial charge in [-0.2, -0.15) is 0 Å². The minimum absolute atomic E-state index is 0.0756. The SMILES string of the molecule is CC(C)CNC(=O)[C@@H](NC(=O)c1cccs1)C1CCN(C(=O)c2ccc(F)cc2)CC1. The van der Waals surface area contributed by atoms with Crippen LogP contribution in [-0.4, -0.2) is 48.3 Å². The maximum atomic E-state index is 13.1. The van der Waals surface area contributed by atoms with Gasteiger partial charge in [0.15, 0.2) is 0 Å². The van der Waals surface area contributed by atoms with Crippen molar-refractivity contribution in [3.05, 3.63) is 58.0 Å². The van der Waals surface area contributed by atoms with Crippen molar-refractivity contribution in [1.82, 2.24) is 15.5 Å². The molecule has 0 radical (unpaired) electrons. The molecule has 1 aliphatic heterocycles. The van der Waals surface area contributed by atoms with E-state index >= 15 is 0 Å². The lowest BCUT2D eigenvalue weighted by Gasteiger charge is -2.36. The molecule has 0 bridgehead atoms. The molecule has 0 spiro atoms. The van der Waals surface area contributed by atoms with Crippen molar-refractivity contribution in [2.75, 3.05) is 19.6 Å². The zero-order valence-corrected chi connectivity index (χ0v) is 18.6. The normalized spacial score (nSPS) is 15.5. The van der Waals surface area contributed by atoms with E-state index in [0.29, 0.717) is 48.8 Å². The Labute approximate surface area is 185 Å². The van der Waals surface area contributed by atoms with Crippen LogP contribution in [0.4, 0.5) is 4.39 Å². The van der Waals surface area contributed by atoms with Crippen molar-refractivity contribution < 1.29 is 18.8 Å². The highest BCUT2D eigenvalue weighted by molar-refractivity contribution is 7.12. The average molecular weight is 446 g/mol. The van der Waals surface area contributed by atoms with Crippen LogP contribution in [0.15, 0.2) is 41.8 Å². The first-order valence-electron chi connectivity index (χ1n) is 10.5. The molecule has 1 fully saturated rings. The van der Waals surface area contributed by atoms with Gasteiger partial charge in [-0.15, -0.1) is 11.3 Å². The fourth-order valence-electron chi connectivity index (χ4n) is 3.64. The molecule has 1 atom stereocenters. The Bertz CT molecular complexity index is 891. The fourth-order valence-corrected chi connectivity index (χ4v) is 4.27. The minimum Gasteiger partial charge on any atom is -0.354 e. The van der Waals surface area contributed by atoms with Crippen molar-refractivity contribution in [3.63, 3.8) is 0 Å². The molecule has 8 heteroatoms. The van der Waals surface area contributed by atoms with Crippen molar-refractivity contribution >= 4 is 29.1 Å². The van der Waals surface area contributed by atoms with Crippen molar-refractivity contribution in [2.45, 2.75) is 32.7 Å². The summed E-state index contributed by atoms with van der Waals surface area (Å²) in [7, 11) is 0. The van der Waals surface area contributed by atoms with Gasteiger partial charge in [0, 0.05) is 25.2 Å². The first kappa shape index (κ1) is 22.9. The van der Waals surface area contributed by atoms with Crippen molar-refractivity contribution in [3.8, 4) is 0 Å². The summed E-state index contributed by atoms with van der Waals surface area (Å²) in [5.74, 6) is -0.763. The van der Waals surface area contributed by atoms with E-state index in [1.807, 2.05) is 19.2 Å². The van der Waals surface area contributed by atoms with E-state index in [1.165, 1.54) is 35.6 Å². The second-order valence-electron chi connectivity index (χ2n) is 8.20. The Morgan fingerprint density at radius 1 is 1.13 bits per heavy atom. The van der Waals surface area contributed by atoms with Crippen LogP contribution in [0.5, 0.6) is 0 Å². The summed E-state index contributed by atoms with van der Waals surface area (Å²) in [6.07, 6.45) is 1.19. The molecule has 0 aliphatic carbocycles. The average Bonchev–Trinajstić information content (AvgIpc) is 3.31. The Kier molecular flexibility index (Phi) is 7.79. The molecule has 3 rings (SSSR count). The maximum Gasteiger partial charge on any atom is 0.262 e. The molecule has 3 amide bonds. The molecular formula is C23H28FN3O3S. The minimum atomic E-state index is -0.656. The monoisotopic (exact) mass is 445 g/mol. The zero-order chi connectivity index (χ0) is 22.4. The molecule has 1 aromatic heterocycles. The number of piperidine rings is 1. The van der Waals surface area contributed by atoms with Gasteiger partial charge in [-0.3, -0.25) is 14.4 Å². The third kappa shape index (κ3) is 6.13. The van der Waals surface area contributed by atoms with Gasteiger partial charge in [-0.25, -0.2) is 4.39 Å². The number of hydrogen-bond acceptors (Lipinski definition) is 4. The zero-order valence-electron chi connectivity index (χ0n) is 17.8. The molecule has 6 nitrogen and oxygen atoms in total. The summed E-state index contributed by atoms with van der Waals surface area (Å²) >= 11 is 1.33.